The van der Waals surface area contributed by atoms with Gasteiger partial charge in [-0.1, -0.05) is 11.6 Å². The normalized spacial score (nSPS) is 10.3. The Labute approximate surface area is 105 Å². The first-order valence-corrected chi connectivity index (χ1v) is 5.77. The number of benzene rings is 1. The van der Waals surface area contributed by atoms with Crippen LogP contribution in [0.1, 0.15) is 9.67 Å². The van der Waals surface area contributed by atoms with Crippen molar-refractivity contribution in [3.63, 3.8) is 0 Å². The van der Waals surface area contributed by atoms with Crippen molar-refractivity contribution in [3.05, 3.63) is 51.2 Å². The molecule has 0 aliphatic heterocycles. The van der Waals surface area contributed by atoms with Crippen molar-refractivity contribution < 1.29 is 13.6 Å². The summed E-state index contributed by atoms with van der Waals surface area (Å²) in [6, 6.07) is 6.04. The predicted octanol–water partition coefficient (Wildman–Crippen LogP) is 3.93. The highest BCUT2D eigenvalue weighted by molar-refractivity contribution is 7.18. The summed E-state index contributed by atoms with van der Waals surface area (Å²) in [5.41, 5.74) is -0.0686. The number of halogens is 3. The Morgan fingerprint density at radius 3 is 2.59 bits per heavy atom. The minimum absolute atomic E-state index is 0.0686. The highest BCUT2D eigenvalue weighted by Crippen LogP contribution is 2.23. The summed E-state index contributed by atoms with van der Waals surface area (Å²) in [6.45, 7) is 0. The van der Waals surface area contributed by atoms with Gasteiger partial charge in [-0.15, -0.1) is 11.3 Å². The second-order valence-electron chi connectivity index (χ2n) is 3.18. The summed E-state index contributed by atoms with van der Waals surface area (Å²) in [5, 5.41) is 2.34. The standard InChI is InChI=1S/C11H6ClF2NOS/c12-10-4-3-9(17-10)11(16)15-8-2-1-6(13)5-7(8)14/h1-5H,(H,15,16). The van der Waals surface area contributed by atoms with Crippen LogP contribution in [0.25, 0.3) is 0 Å². The van der Waals surface area contributed by atoms with Crippen LogP contribution in [0.3, 0.4) is 0 Å². The van der Waals surface area contributed by atoms with E-state index in [0.717, 1.165) is 23.5 Å². The lowest BCUT2D eigenvalue weighted by Crippen LogP contribution is -2.11. The summed E-state index contributed by atoms with van der Waals surface area (Å²) in [5.74, 6) is -1.99. The Hall–Kier alpha value is -1.46. The summed E-state index contributed by atoms with van der Waals surface area (Å²) in [6.07, 6.45) is 0. The molecule has 0 aliphatic carbocycles. The van der Waals surface area contributed by atoms with Crippen molar-refractivity contribution in [2.75, 3.05) is 5.32 Å². The van der Waals surface area contributed by atoms with Gasteiger partial charge in [0, 0.05) is 6.07 Å². The van der Waals surface area contributed by atoms with Gasteiger partial charge in [-0.25, -0.2) is 8.78 Å². The van der Waals surface area contributed by atoms with Gasteiger partial charge in [0.1, 0.15) is 11.6 Å². The number of rotatable bonds is 2. The zero-order valence-corrected chi connectivity index (χ0v) is 9.91. The van der Waals surface area contributed by atoms with E-state index in [1.165, 1.54) is 6.07 Å². The molecule has 1 heterocycles. The van der Waals surface area contributed by atoms with E-state index < -0.39 is 17.5 Å². The molecular weight excluding hydrogens is 268 g/mol. The molecule has 2 rings (SSSR count). The van der Waals surface area contributed by atoms with E-state index in [1.807, 2.05) is 0 Å². The smallest absolute Gasteiger partial charge is 0.265 e. The molecule has 88 valence electrons. The van der Waals surface area contributed by atoms with Gasteiger partial charge in [-0.2, -0.15) is 0 Å². The number of nitrogens with one attached hydrogen (secondary N) is 1. The molecule has 1 N–H and O–H groups in total. The highest BCUT2D eigenvalue weighted by Gasteiger charge is 2.11. The Balaban J connectivity index is 2.18. The number of hydrogen-bond donors (Lipinski definition) is 1. The van der Waals surface area contributed by atoms with Crippen molar-refractivity contribution in [1.82, 2.24) is 0 Å². The molecule has 6 heteroatoms. The molecule has 0 fully saturated rings. The van der Waals surface area contributed by atoms with Gasteiger partial charge < -0.3 is 5.32 Å². The van der Waals surface area contributed by atoms with Crippen LogP contribution in [0.2, 0.25) is 4.34 Å². The summed E-state index contributed by atoms with van der Waals surface area (Å²) in [7, 11) is 0. The molecule has 1 aromatic heterocycles. The van der Waals surface area contributed by atoms with E-state index >= 15 is 0 Å². The van der Waals surface area contributed by atoms with Gasteiger partial charge in [-0.3, -0.25) is 4.79 Å². The maximum absolute atomic E-state index is 13.3. The summed E-state index contributed by atoms with van der Waals surface area (Å²) < 4.78 is 26.4. The van der Waals surface area contributed by atoms with E-state index in [1.54, 1.807) is 6.07 Å². The number of anilines is 1. The average molecular weight is 274 g/mol. The minimum Gasteiger partial charge on any atom is -0.319 e. The molecule has 0 saturated heterocycles. The lowest BCUT2D eigenvalue weighted by Gasteiger charge is -2.04. The Morgan fingerprint density at radius 2 is 2.00 bits per heavy atom. The number of thiophene rings is 1. The number of carbonyl (C=O) groups is 1. The van der Waals surface area contributed by atoms with Crippen LogP contribution in [0, 0.1) is 11.6 Å². The summed E-state index contributed by atoms with van der Waals surface area (Å²) in [4.78, 5) is 12.0. The molecular formula is C11H6ClF2NOS. The lowest BCUT2D eigenvalue weighted by molar-refractivity contribution is 0.103. The fourth-order valence-electron chi connectivity index (χ4n) is 1.21. The van der Waals surface area contributed by atoms with Gasteiger partial charge in [0.25, 0.3) is 5.91 Å². The first-order valence-electron chi connectivity index (χ1n) is 4.58. The van der Waals surface area contributed by atoms with Crippen LogP contribution in [-0.4, -0.2) is 5.91 Å². The monoisotopic (exact) mass is 273 g/mol. The highest BCUT2D eigenvalue weighted by atomic mass is 35.5. The van der Waals surface area contributed by atoms with Crippen LogP contribution in [0.5, 0.6) is 0 Å². The van der Waals surface area contributed by atoms with E-state index in [-0.39, 0.29) is 5.69 Å². The molecule has 0 atom stereocenters. The third-order valence-electron chi connectivity index (χ3n) is 1.98. The third kappa shape index (κ3) is 2.81. The van der Waals surface area contributed by atoms with Gasteiger partial charge in [0.15, 0.2) is 0 Å². The fourth-order valence-corrected chi connectivity index (χ4v) is 2.15. The Bertz CT molecular complexity index is 570. The van der Waals surface area contributed by atoms with Crippen LogP contribution in [0.15, 0.2) is 30.3 Å². The SMILES string of the molecule is O=C(Nc1ccc(F)cc1F)c1ccc(Cl)s1. The first kappa shape index (κ1) is 12.0. The largest absolute Gasteiger partial charge is 0.319 e. The molecule has 17 heavy (non-hydrogen) atoms. The zero-order chi connectivity index (χ0) is 12.4. The molecule has 1 aromatic carbocycles. The van der Waals surface area contributed by atoms with Crippen LogP contribution in [-0.2, 0) is 0 Å². The van der Waals surface area contributed by atoms with E-state index in [2.05, 4.69) is 5.32 Å². The van der Waals surface area contributed by atoms with E-state index in [4.69, 9.17) is 11.6 Å². The minimum atomic E-state index is -0.819. The number of amides is 1. The van der Waals surface area contributed by atoms with Crippen molar-refractivity contribution >= 4 is 34.5 Å². The van der Waals surface area contributed by atoms with Gasteiger partial charge >= 0.3 is 0 Å². The van der Waals surface area contributed by atoms with Crippen molar-refractivity contribution in [2.24, 2.45) is 0 Å². The maximum atomic E-state index is 13.3. The van der Waals surface area contributed by atoms with E-state index in [0.29, 0.717) is 15.3 Å². The van der Waals surface area contributed by atoms with Crippen LogP contribution >= 0.6 is 22.9 Å². The molecule has 0 radical (unpaired) electrons. The lowest BCUT2D eigenvalue weighted by atomic mass is 10.3. The molecule has 1 amide bonds. The molecule has 2 nitrogen and oxygen atoms in total. The van der Waals surface area contributed by atoms with E-state index in [9.17, 15) is 13.6 Å². The third-order valence-corrected chi connectivity index (χ3v) is 3.21. The molecule has 0 aliphatic rings. The molecule has 2 aromatic rings. The average Bonchev–Trinajstić information content (AvgIpc) is 2.69. The Morgan fingerprint density at radius 1 is 1.24 bits per heavy atom. The molecule has 0 unspecified atom stereocenters. The fraction of sp³-hybridized carbons (Fsp3) is 0. The van der Waals surface area contributed by atoms with Gasteiger partial charge in [-0.05, 0) is 24.3 Å². The molecule has 0 spiro atoms. The van der Waals surface area contributed by atoms with Crippen molar-refractivity contribution in [1.29, 1.82) is 0 Å². The second kappa shape index (κ2) is 4.81. The van der Waals surface area contributed by atoms with Crippen LogP contribution in [0.4, 0.5) is 14.5 Å². The zero-order valence-electron chi connectivity index (χ0n) is 8.34. The number of carbonyl (C=O) groups excluding carboxylic acids is 1. The molecule has 0 bridgehead atoms. The number of hydrogen-bond acceptors (Lipinski definition) is 2. The Kier molecular flexibility index (Phi) is 3.40. The van der Waals surface area contributed by atoms with Crippen LogP contribution < -0.4 is 5.32 Å². The maximum Gasteiger partial charge on any atom is 0.265 e. The molecule has 0 saturated carbocycles. The second-order valence-corrected chi connectivity index (χ2v) is 4.90. The predicted molar refractivity (Wildman–Crippen MR) is 63.6 cm³/mol. The van der Waals surface area contributed by atoms with Gasteiger partial charge in [0.2, 0.25) is 0 Å². The van der Waals surface area contributed by atoms with Crippen molar-refractivity contribution in [2.45, 2.75) is 0 Å². The quantitative estimate of drug-likeness (QED) is 0.882. The first-order chi connectivity index (χ1) is 8.06. The van der Waals surface area contributed by atoms with Crippen molar-refractivity contribution in [3.8, 4) is 0 Å². The summed E-state index contributed by atoms with van der Waals surface area (Å²) >= 11 is 6.76. The van der Waals surface area contributed by atoms with Gasteiger partial charge in [0.05, 0.1) is 14.9 Å². The topological polar surface area (TPSA) is 29.1 Å².